The number of aromatic nitrogens is 1. The standard InChI is InChI=1S/C23H24N2O4/c1-28-20-8-7-16(13-21(20)29-2)23(27)25-11-9-15(10-12-25)22(26)18-14-24-19-6-4-3-5-17(18)19/h3-8,13-15,24H,9-12H2,1-2H3. The number of H-pyrrole nitrogens is 1. The van der Waals surface area contributed by atoms with Gasteiger partial charge in [-0.3, -0.25) is 9.59 Å². The Morgan fingerprint density at radius 3 is 2.45 bits per heavy atom. The van der Waals surface area contributed by atoms with Crippen LogP contribution in [-0.2, 0) is 0 Å². The Balaban J connectivity index is 1.44. The number of amides is 1. The number of piperidine rings is 1. The van der Waals surface area contributed by atoms with Crippen LogP contribution < -0.4 is 9.47 Å². The van der Waals surface area contributed by atoms with Crippen LogP contribution in [0.15, 0.2) is 48.7 Å². The summed E-state index contributed by atoms with van der Waals surface area (Å²) in [6.45, 7) is 1.12. The Bertz CT molecular complexity index is 1050. The van der Waals surface area contributed by atoms with Crippen molar-refractivity contribution in [2.24, 2.45) is 5.92 Å². The topological polar surface area (TPSA) is 71.6 Å². The molecule has 2 aromatic carbocycles. The molecule has 0 radical (unpaired) electrons. The number of methoxy groups -OCH3 is 2. The summed E-state index contributed by atoms with van der Waals surface area (Å²) in [6.07, 6.45) is 3.13. The quantitative estimate of drug-likeness (QED) is 0.668. The number of hydrogen-bond acceptors (Lipinski definition) is 4. The third-order valence-corrected chi connectivity index (χ3v) is 5.64. The number of hydrogen-bond donors (Lipinski definition) is 1. The first kappa shape index (κ1) is 19.1. The number of carbonyl (C=O) groups is 2. The van der Waals surface area contributed by atoms with Gasteiger partial charge < -0.3 is 19.4 Å². The molecule has 0 aliphatic carbocycles. The molecule has 3 aromatic rings. The van der Waals surface area contributed by atoms with Crippen molar-refractivity contribution in [2.75, 3.05) is 27.3 Å². The van der Waals surface area contributed by atoms with E-state index in [-0.39, 0.29) is 17.6 Å². The van der Waals surface area contributed by atoms with Crippen molar-refractivity contribution in [3.63, 3.8) is 0 Å². The van der Waals surface area contributed by atoms with Crippen molar-refractivity contribution in [2.45, 2.75) is 12.8 Å². The van der Waals surface area contributed by atoms with Crippen molar-refractivity contribution >= 4 is 22.6 Å². The molecule has 1 saturated heterocycles. The third-order valence-electron chi connectivity index (χ3n) is 5.64. The molecule has 1 aromatic heterocycles. The zero-order chi connectivity index (χ0) is 20.4. The molecular weight excluding hydrogens is 368 g/mol. The molecule has 150 valence electrons. The predicted molar refractivity (Wildman–Crippen MR) is 111 cm³/mol. The first-order chi connectivity index (χ1) is 14.1. The maximum absolute atomic E-state index is 13.0. The SMILES string of the molecule is COc1ccc(C(=O)N2CCC(C(=O)c3c[nH]c4ccccc34)CC2)cc1OC. The van der Waals surface area contributed by atoms with E-state index in [1.165, 1.54) is 0 Å². The monoisotopic (exact) mass is 392 g/mol. The van der Waals surface area contributed by atoms with E-state index in [2.05, 4.69) is 4.98 Å². The number of carbonyl (C=O) groups excluding carboxylic acids is 2. The summed E-state index contributed by atoms with van der Waals surface area (Å²) in [4.78, 5) is 30.9. The number of rotatable bonds is 5. The molecule has 0 unspecified atom stereocenters. The van der Waals surface area contributed by atoms with E-state index in [1.54, 1.807) is 43.5 Å². The number of fused-ring (bicyclic) bond motifs is 1. The highest BCUT2D eigenvalue weighted by Crippen LogP contribution is 2.30. The Kier molecular flexibility index (Phi) is 5.25. The van der Waals surface area contributed by atoms with Gasteiger partial charge in [-0.2, -0.15) is 0 Å². The van der Waals surface area contributed by atoms with Crippen LogP contribution in [0.25, 0.3) is 10.9 Å². The van der Waals surface area contributed by atoms with Crippen molar-refractivity contribution in [1.82, 2.24) is 9.88 Å². The second-order valence-electron chi connectivity index (χ2n) is 7.25. The van der Waals surface area contributed by atoms with Gasteiger partial charge in [-0.15, -0.1) is 0 Å². The second kappa shape index (κ2) is 7.99. The van der Waals surface area contributed by atoms with E-state index in [0.29, 0.717) is 43.0 Å². The minimum Gasteiger partial charge on any atom is -0.493 e. The molecule has 2 heterocycles. The summed E-state index contributed by atoms with van der Waals surface area (Å²) < 4.78 is 10.5. The fraction of sp³-hybridized carbons (Fsp3) is 0.304. The van der Waals surface area contributed by atoms with Gasteiger partial charge in [0.2, 0.25) is 0 Å². The lowest BCUT2D eigenvalue weighted by Gasteiger charge is -2.31. The zero-order valence-electron chi connectivity index (χ0n) is 16.6. The number of nitrogens with zero attached hydrogens (tertiary/aromatic N) is 1. The molecule has 0 saturated carbocycles. The van der Waals surface area contributed by atoms with Gasteiger partial charge in [0.05, 0.1) is 14.2 Å². The van der Waals surface area contributed by atoms with E-state index in [1.807, 2.05) is 24.3 Å². The summed E-state index contributed by atoms with van der Waals surface area (Å²) in [5, 5.41) is 0.960. The summed E-state index contributed by atoms with van der Waals surface area (Å²) in [5.74, 6) is 1.16. The fourth-order valence-corrected chi connectivity index (χ4v) is 3.99. The molecule has 0 bridgehead atoms. The highest BCUT2D eigenvalue weighted by atomic mass is 16.5. The lowest BCUT2D eigenvalue weighted by atomic mass is 9.88. The summed E-state index contributed by atoms with van der Waals surface area (Å²) in [5.41, 5.74) is 2.27. The lowest BCUT2D eigenvalue weighted by Crippen LogP contribution is -2.40. The van der Waals surface area contributed by atoms with Crippen LogP contribution in [0, 0.1) is 5.92 Å². The maximum Gasteiger partial charge on any atom is 0.253 e. The van der Waals surface area contributed by atoms with Crippen molar-refractivity contribution in [3.8, 4) is 11.5 Å². The highest BCUT2D eigenvalue weighted by Gasteiger charge is 2.29. The number of ketones is 1. The van der Waals surface area contributed by atoms with Crippen LogP contribution in [0.5, 0.6) is 11.5 Å². The van der Waals surface area contributed by atoms with Crippen LogP contribution in [0.4, 0.5) is 0 Å². The predicted octanol–water partition coefficient (Wildman–Crippen LogP) is 3.92. The van der Waals surface area contributed by atoms with Gasteiger partial charge in [0, 0.05) is 47.2 Å². The molecule has 1 aliphatic heterocycles. The van der Waals surface area contributed by atoms with Gasteiger partial charge in [-0.05, 0) is 37.1 Å². The number of para-hydroxylation sites is 1. The maximum atomic E-state index is 13.0. The number of aromatic amines is 1. The fourth-order valence-electron chi connectivity index (χ4n) is 3.99. The van der Waals surface area contributed by atoms with Gasteiger partial charge in [0.25, 0.3) is 5.91 Å². The van der Waals surface area contributed by atoms with E-state index in [0.717, 1.165) is 16.5 Å². The molecule has 1 aliphatic rings. The van der Waals surface area contributed by atoms with E-state index < -0.39 is 0 Å². The summed E-state index contributed by atoms with van der Waals surface area (Å²) >= 11 is 0. The molecule has 0 spiro atoms. The van der Waals surface area contributed by atoms with Crippen molar-refractivity contribution < 1.29 is 19.1 Å². The van der Waals surface area contributed by atoms with E-state index >= 15 is 0 Å². The average molecular weight is 392 g/mol. The summed E-state index contributed by atoms with van der Waals surface area (Å²) in [7, 11) is 3.11. The minimum atomic E-state index is -0.0661. The van der Waals surface area contributed by atoms with Crippen LogP contribution in [0.3, 0.4) is 0 Å². The van der Waals surface area contributed by atoms with Crippen LogP contribution >= 0.6 is 0 Å². The van der Waals surface area contributed by atoms with Gasteiger partial charge in [-0.25, -0.2) is 0 Å². The summed E-state index contributed by atoms with van der Waals surface area (Å²) in [6, 6.07) is 13.0. The number of benzene rings is 2. The van der Waals surface area contributed by atoms with E-state index in [9.17, 15) is 9.59 Å². The van der Waals surface area contributed by atoms with Crippen molar-refractivity contribution in [1.29, 1.82) is 0 Å². The molecule has 1 amide bonds. The number of nitrogens with one attached hydrogen (secondary N) is 1. The molecule has 29 heavy (non-hydrogen) atoms. The number of ether oxygens (including phenoxy) is 2. The second-order valence-corrected chi connectivity index (χ2v) is 7.25. The first-order valence-electron chi connectivity index (χ1n) is 9.74. The Hall–Kier alpha value is -3.28. The largest absolute Gasteiger partial charge is 0.493 e. The molecule has 4 rings (SSSR count). The van der Waals surface area contributed by atoms with Crippen molar-refractivity contribution in [3.05, 3.63) is 59.8 Å². The first-order valence-corrected chi connectivity index (χ1v) is 9.74. The van der Waals surface area contributed by atoms with E-state index in [4.69, 9.17) is 9.47 Å². The normalized spacial score (nSPS) is 14.8. The lowest BCUT2D eigenvalue weighted by molar-refractivity contribution is 0.0650. The minimum absolute atomic E-state index is 0.0519. The van der Waals surface area contributed by atoms with Gasteiger partial charge in [0.15, 0.2) is 17.3 Å². The van der Waals surface area contributed by atoms with Gasteiger partial charge >= 0.3 is 0 Å². The average Bonchev–Trinajstić information content (AvgIpc) is 3.22. The molecule has 1 N–H and O–H groups in total. The van der Waals surface area contributed by atoms with Crippen LogP contribution in [-0.4, -0.2) is 48.9 Å². The molecule has 0 atom stereocenters. The van der Waals surface area contributed by atoms with Gasteiger partial charge in [0.1, 0.15) is 0 Å². The van der Waals surface area contributed by atoms with Gasteiger partial charge in [-0.1, -0.05) is 18.2 Å². The molecule has 6 nitrogen and oxygen atoms in total. The number of likely N-dealkylation sites (tertiary alicyclic amines) is 1. The van der Waals surface area contributed by atoms with Crippen LogP contribution in [0.1, 0.15) is 33.6 Å². The molecule has 6 heteroatoms. The molecular formula is C23H24N2O4. The smallest absolute Gasteiger partial charge is 0.253 e. The Labute approximate surface area is 169 Å². The van der Waals surface area contributed by atoms with Crippen LogP contribution in [0.2, 0.25) is 0 Å². The highest BCUT2D eigenvalue weighted by molar-refractivity contribution is 6.09. The molecule has 1 fully saturated rings. The Morgan fingerprint density at radius 1 is 1.00 bits per heavy atom. The zero-order valence-corrected chi connectivity index (χ0v) is 16.6. The Morgan fingerprint density at radius 2 is 1.72 bits per heavy atom. The third kappa shape index (κ3) is 3.58. The number of Topliss-reactive ketones (excluding diaryl/α,β-unsaturated/α-hetero) is 1.